The third kappa shape index (κ3) is 5.06. The first-order valence-corrected chi connectivity index (χ1v) is 8.85. The molecular formula is C11H23NO2S2. The lowest BCUT2D eigenvalue weighted by Gasteiger charge is -2.38. The Morgan fingerprint density at radius 1 is 1.44 bits per heavy atom. The largest absolute Gasteiger partial charge is 0.327 e. The van der Waals surface area contributed by atoms with Crippen LogP contribution in [0.25, 0.3) is 0 Å². The Morgan fingerprint density at radius 2 is 2.06 bits per heavy atom. The molecule has 1 rings (SSSR count). The molecule has 0 aromatic heterocycles. The Morgan fingerprint density at radius 3 is 2.62 bits per heavy atom. The van der Waals surface area contributed by atoms with E-state index in [0.29, 0.717) is 16.4 Å². The molecule has 2 unspecified atom stereocenters. The van der Waals surface area contributed by atoms with Gasteiger partial charge in [0, 0.05) is 23.3 Å². The van der Waals surface area contributed by atoms with Gasteiger partial charge in [0.1, 0.15) is 9.84 Å². The van der Waals surface area contributed by atoms with Gasteiger partial charge in [-0.25, -0.2) is 8.42 Å². The van der Waals surface area contributed by atoms with Crippen LogP contribution < -0.4 is 5.73 Å². The summed E-state index contributed by atoms with van der Waals surface area (Å²) in [5, 5.41) is 0.422. The van der Waals surface area contributed by atoms with E-state index in [1.165, 1.54) is 12.7 Å². The molecule has 0 amide bonds. The number of thioether (sulfide) groups is 1. The van der Waals surface area contributed by atoms with Crippen molar-refractivity contribution in [2.24, 2.45) is 11.1 Å². The third-order valence-electron chi connectivity index (χ3n) is 3.17. The van der Waals surface area contributed by atoms with Gasteiger partial charge in [-0.2, -0.15) is 11.8 Å². The summed E-state index contributed by atoms with van der Waals surface area (Å²) in [6, 6.07) is 0.234. The fourth-order valence-corrected chi connectivity index (χ4v) is 4.93. The summed E-state index contributed by atoms with van der Waals surface area (Å²) in [6.07, 6.45) is 4.63. The number of nitrogens with two attached hydrogens (primary N) is 1. The molecule has 2 N–H and O–H groups in total. The highest BCUT2D eigenvalue weighted by molar-refractivity contribution is 8.01. The molecule has 0 spiro atoms. The molecular weight excluding hydrogens is 242 g/mol. The van der Waals surface area contributed by atoms with Crippen LogP contribution in [-0.2, 0) is 9.84 Å². The molecule has 1 fully saturated rings. The van der Waals surface area contributed by atoms with E-state index in [1.54, 1.807) is 11.8 Å². The molecule has 16 heavy (non-hydrogen) atoms. The van der Waals surface area contributed by atoms with Gasteiger partial charge in [-0.05, 0) is 24.7 Å². The Labute approximate surface area is 103 Å². The monoisotopic (exact) mass is 265 g/mol. The topological polar surface area (TPSA) is 60.2 Å². The first kappa shape index (κ1) is 14.3. The summed E-state index contributed by atoms with van der Waals surface area (Å²) in [5.74, 6) is 0.939. The van der Waals surface area contributed by atoms with Crippen LogP contribution in [0.5, 0.6) is 0 Å². The highest BCUT2D eigenvalue weighted by atomic mass is 32.2. The normalized spacial score (nSPS) is 30.2. The predicted octanol–water partition coefficient (Wildman–Crippen LogP) is 1.67. The standard InChI is InChI=1S/C11H23NO2S2/c1-11(2)5-4-9(12)10(8-11)15-6-7-16(3,13)14/h9-10H,4-8,12H2,1-3H3. The van der Waals surface area contributed by atoms with Crippen molar-refractivity contribution in [1.82, 2.24) is 0 Å². The molecule has 0 aliphatic heterocycles. The summed E-state index contributed by atoms with van der Waals surface area (Å²) in [5.41, 5.74) is 6.44. The van der Waals surface area contributed by atoms with Gasteiger partial charge < -0.3 is 5.73 Å². The van der Waals surface area contributed by atoms with Crippen molar-refractivity contribution in [3.63, 3.8) is 0 Å². The average Bonchev–Trinajstić information content (AvgIpc) is 2.09. The molecule has 1 aliphatic rings. The van der Waals surface area contributed by atoms with E-state index in [4.69, 9.17) is 5.73 Å². The van der Waals surface area contributed by atoms with Crippen LogP contribution in [0.15, 0.2) is 0 Å². The summed E-state index contributed by atoms with van der Waals surface area (Å²) in [6.45, 7) is 4.53. The van der Waals surface area contributed by atoms with E-state index in [1.807, 2.05) is 0 Å². The lowest BCUT2D eigenvalue weighted by molar-refractivity contribution is 0.232. The van der Waals surface area contributed by atoms with Gasteiger partial charge in [0.2, 0.25) is 0 Å². The van der Waals surface area contributed by atoms with Crippen molar-refractivity contribution < 1.29 is 8.42 Å². The second kappa shape index (κ2) is 5.27. The zero-order valence-corrected chi connectivity index (χ0v) is 12.0. The minimum atomic E-state index is -2.83. The fourth-order valence-electron chi connectivity index (χ4n) is 2.07. The number of rotatable bonds is 4. The highest BCUT2D eigenvalue weighted by Gasteiger charge is 2.33. The first-order chi connectivity index (χ1) is 7.20. The molecule has 96 valence electrons. The van der Waals surface area contributed by atoms with E-state index in [2.05, 4.69) is 13.8 Å². The van der Waals surface area contributed by atoms with Crippen LogP contribution in [0.4, 0.5) is 0 Å². The highest BCUT2D eigenvalue weighted by Crippen LogP contribution is 2.39. The van der Waals surface area contributed by atoms with Gasteiger partial charge in [0.25, 0.3) is 0 Å². The zero-order valence-electron chi connectivity index (χ0n) is 10.4. The van der Waals surface area contributed by atoms with Crippen molar-refractivity contribution in [3.05, 3.63) is 0 Å². The maximum Gasteiger partial charge on any atom is 0.148 e. The lowest BCUT2D eigenvalue weighted by Crippen LogP contribution is -2.41. The molecule has 0 aromatic rings. The summed E-state index contributed by atoms with van der Waals surface area (Å²) in [7, 11) is -2.83. The molecule has 2 atom stereocenters. The molecule has 0 bridgehead atoms. The fraction of sp³-hybridized carbons (Fsp3) is 1.00. The SMILES string of the molecule is CC1(C)CCC(N)C(SCCS(C)(=O)=O)C1. The molecule has 0 saturated heterocycles. The van der Waals surface area contributed by atoms with Crippen molar-refractivity contribution in [2.45, 2.75) is 44.4 Å². The number of hydrogen-bond acceptors (Lipinski definition) is 4. The van der Waals surface area contributed by atoms with Crippen molar-refractivity contribution in [3.8, 4) is 0 Å². The summed E-state index contributed by atoms with van der Waals surface area (Å²) >= 11 is 1.73. The lowest BCUT2D eigenvalue weighted by atomic mass is 9.75. The second-order valence-electron chi connectivity index (χ2n) is 5.61. The summed E-state index contributed by atoms with van der Waals surface area (Å²) in [4.78, 5) is 0. The predicted molar refractivity (Wildman–Crippen MR) is 71.6 cm³/mol. The van der Waals surface area contributed by atoms with Crippen LogP contribution in [-0.4, -0.2) is 37.5 Å². The van der Waals surface area contributed by atoms with Crippen LogP contribution in [0.1, 0.15) is 33.1 Å². The van der Waals surface area contributed by atoms with E-state index >= 15 is 0 Å². The minimum absolute atomic E-state index is 0.234. The molecule has 0 aromatic carbocycles. The number of hydrogen-bond donors (Lipinski definition) is 1. The third-order valence-corrected chi connectivity index (χ3v) is 5.76. The smallest absolute Gasteiger partial charge is 0.148 e. The van der Waals surface area contributed by atoms with E-state index in [-0.39, 0.29) is 11.8 Å². The van der Waals surface area contributed by atoms with Crippen LogP contribution >= 0.6 is 11.8 Å². The van der Waals surface area contributed by atoms with Crippen LogP contribution in [0, 0.1) is 5.41 Å². The quantitative estimate of drug-likeness (QED) is 0.840. The van der Waals surface area contributed by atoms with E-state index in [0.717, 1.165) is 12.8 Å². The van der Waals surface area contributed by atoms with Gasteiger partial charge in [-0.3, -0.25) is 0 Å². The zero-order chi connectivity index (χ0) is 12.4. The maximum absolute atomic E-state index is 11.0. The van der Waals surface area contributed by atoms with Crippen molar-refractivity contribution in [2.75, 3.05) is 17.8 Å². The van der Waals surface area contributed by atoms with E-state index < -0.39 is 9.84 Å². The second-order valence-corrected chi connectivity index (χ2v) is 9.22. The van der Waals surface area contributed by atoms with Gasteiger partial charge in [-0.1, -0.05) is 13.8 Å². The summed E-state index contributed by atoms with van der Waals surface area (Å²) < 4.78 is 22.1. The Hall–Kier alpha value is 0.260. The average molecular weight is 265 g/mol. The van der Waals surface area contributed by atoms with E-state index in [9.17, 15) is 8.42 Å². The Kier molecular flexibility index (Phi) is 4.72. The molecule has 1 aliphatic carbocycles. The van der Waals surface area contributed by atoms with Crippen LogP contribution in [0.3, 0.4) is 0 Å². The van der Waals surface area contributed by atoms with Gasteiger partial charge in [0.05, 0.1) is 5.75 Å². The van der Waals surface area contributed by atoms with Crippen molar-refractivity contribution in [1.29, 1.82) is 0 Å². The molecule has 5 heteroatoms. The van der Waals surface area contributed by atoms with Crippen molar-refractivity contribution >= 4 is 21.6 Å². The Balaban J connectivity index is 2.40. The number of sulfone groups is 1. The van der Waals surface area contributed by atoms with Crippen LogP contribution in [0.2, 0.25) is 0 Å². The Bertz CT molecular complexity index is 325. The molecule has 0 radical (unpaired) electrons. The van der Waals surface area contributed by atoms with Gasteiger partial charge in [0.15, 0.2) is 0 Å². The van der Waals surface area contributed by atoms with Gasteiger partial charge in [-0.15, -0.1) is 0 Å². The minimum Gasteiger partial charge on any atom is -0.327 e. The first-order valence-electron chi connectivity index (χ1n) is 5.74. The molecule has 1 saturated carbocycles. The molecule has 3 nitrogen and oxygen atoms in total. The maximum atomic E-state index is 11.0. The molecule has 0 heterocycles. The van der Waals surface area contributed by atoms with Gasteiger partial charge >= 0.3 is 0 Å².